The predicted octanol–water partition coefficient (Wildman–Crippen LogP) is 4.79. The molecule has 0 amide bonds. The van der Waals surface area contributed by atoms with E-state index >= 15 is 0 Å². The van der Waals surface area contributed by atoms with Crippen molar-refractivity contribution in [2.24, 2.45) is 0 Å². The lowest BCUT2D eigenvalue weighted by Crippen LogP contribution is -2.39. The van der Waals surface area contributed by atoms with Gasteiger partial charge in [-0.3, -0.25) is 0 Å². The van der Waals surface area contributed by atoms with Gasteiger partial charge in [-0.2, -0.15) is 0 Å². The molecule has 0 fully saturated rings. The molecule has 3 aromatic carbocycles. The molecule has 0 unspecified atom stereocenters. The highest BCUT2D eigenvalue weighted by atomic mass is 32.2. The number of carbonyl (C=O) groups is 1. The van der Waals surface area contributed by atoms with Gasteiger partial charge in [0.15, 0.2) is 0 Å². The van der Waals surface area contributed by atoms with Gasteiger partial charge in [0.05, 0.1) is 16.5 Å². The van der Waals surface area contributed by atoms with E-state index in [0.29, 0.717) is 12.0 Å². The number of hydrogen-bond acceptors (Lipinski definition) is 4. The Morgan fingerprint density at radius 3 is 2.19 bits per heavy atom. The van der Waals surface area contributed by atoms with Gasteiger partial charge in [-0.1, -0.05) is 75.4 Å². The van der Waals surface area contributed by atoms with Gasteiger partial charge in [-0.15, -0.1) is 0 Å². The Bertz CT molecular complexity index is 1210. The highest BCUT2D eigenvalue weighted by Crippen LogP contribution is 2.36. The van der Waals surface area contributed by atoms with Crippen LogP contribution in [-0.2, 0) is 26.6 Å². The Morgan fingerprint density at radius 2 is 1.53 bits per heavy atom. The first-order valence-corrected chi connectivity index (χ1v) is 12.1. The lowest BCUT2D eigenvalue weighted by Gasteiger charge is -2.23. The summed E-state index contributed by atoms with van der Waals surface area (Å²) in [5.74, 6) is -0.476. The van der Waals surface area contributed by atoms with Gasteiger partial charge < -0.3 is 4.74 Å². The number of hydrogen-bond donors (Lipinski definition) is 1. The second-order valence-corrected chi connectivity index (χ2v) is 10.8. The van der Waals surface area contributed by atoms with E-state index in [2.05, 4.69) is 25.5 Å². The summed E-state index contributed by atoms with van der Waals surface area (Å²) >= 11 is 0. The van der Waals surface area contributed by atoms with Crippen LogP contribution in [0.25, 0.3) is 0 Å². The molecule has 1 aliphatic carbocycles. The third-order valence-electron chi connectivity index (χ3n) is 5.75. The summed E-state index contributed by atoms with van der Waals surface area (Å²) in [6.07, 6.45) is -0.261. The molecule has 2 atom stereocenters. The van der Waals surface area contributed by atoms with Crippen molar-refractivity contribution < 1.29 is 17.9 Å². The molecule has 0 heterocycles. The Morgan fingerprint density at radius 1 is 0.906 bits per heavy atom. The van der Waals surface area contributed by atoms with Crippen LogP contribution in [0, 0.1) is 0 Å². The van der Waals surface area contributed by atoms with E-state index in [1.165, 1.54) is 0 Å². The fourth-order valence-electron chi connectivity index (χ4n) is 3.96. The topological polar surface area (TPSA) is 72.5 Å². The summed E-state index contributed by atoms with van der Waals surface area (Å²) < 4.78 is 34.5. The molecule has 0 bridgehead atoms. The van der Waals surface area contributed by atoms with Crippen LogP contribution in [-0.4, -0.2) is 20.4 Å². The molecule has 0 spiro atoms. The van der Waals surface area contributed by atoms with Crippen molar-refractivity contribution in [3.8, 4) is 0 Å². The summed E-state index contributed by atoms with van der Waals surface area (Å²) in [6, 6.07) is 22.6. The molecule has 0 radical (unpaired) electrons. The molecule has 6 heteroatoms. The highest BCUT2D eigenvalue weighted by molar-refractivity contribution is 7.89. The van der Waals surface area contributed by atoms with E-state index in [1.54, 1.807) is 42.5 Å². The zero-order valence-corrected chi connectivity index (χ0v) is 19.2. The number of esters is 1. The van der Waals surface area contributed by atoms with Crippen LogP contribution in [0.4, 0.5) is 0 Å². The summed E-state index contributed by atoms with van der Waals surface area (Å²) in [7, 11) is -3.76. The smallest absolute Gasteiger partial charge is 0.338 e. The molecule has 32 heavy (non-hydrogen) atoms. The van der Waals surface area contributed by atoms with E-state index in [1.807, 2.05) is 36.4 Å². The average Bonchev–Trinajstić information content (AvgIpc) is 3.10. The maximum absolute atomic E-state index is 13.0. The molecule has 166 valence electrons. The third-order valence-corrected chi connectivity index (χ3v) is 7.25. The van der Waals surface area contributed by atoms with Crippen molar-refractivity contribution in [2.45, 2.75) is 49.6 Å². The van der Waals surface area contributed by atoms with Crippen molar-refractivity contribution >= 4 is 16.0 Å². The first-order valence-electron chi connectivity index (χ1n) is 10.6. The number of fused-ring (bicyclic) bond motifs is 1. The van der Waals surface area contributed by atoms with Crippen LogP contribution in [0.2, 0.25) is 0 Å². The Hall–Kier alpha value is -2.96. The summed E-state index contributed by atoms with van der Waals surface area (Å²) in [6.45, 7) is 6.33. The molecule has 1 N–H and O–H groups in total. The SMILES string of the molecule is CC(C)(C)c1ccc(C(=O)O[C@@H]2c3ccccc3C[C@@H]2NS(=O)(=O)c2ccccc2)cc1. The molecule has 1 aliphatic rings. The van der Waals surface area contributed by atoms with Crippen molar-refractivity contribution in [3.05, 3.63) is 101 Å². The van der Waals surface area contributed by atoms with Gasteiger partial charge in [-0.25, -0.2) is 17.9 Å². The minimum Gasteiger partial charge on any atom is -0.452 e. The molecule has 5 nitrogen and oxygen atoms in total. The van der Waals surface area contributed by atoms with Gasteiger partial charge in [0.25, 0.3) is 0 Å². The van der Waals surface area contributed by atoms with Crippen molar-refractivity contribution in [1.29, 1.82) is 0 Å². The zero-order chi connectivity index (χ0) is 22.9. The number of carbonyl (C=O) groups excluding carboxylic acids is 1. The second-order valence-electron chi connectivity index (χ2n) is 9.10. The van der Waals surface area contributed by atoms with Crippen molar-refractivity contribution in [1.82, 2.24) is 4.72 Å². The molecular weight excluding hydrogens is 422 g/mol. The number of rotatable bonds is 5. The molecule has 0 saturated heterocycles. The van der Waals surface area contributed by atoms with Crippen molar-refractivity contribution in [3.63, 3.8) is 0 Å². The van der Waals surface area contributed by atoms with Crippen molar-refractivity contribution in [2.75, 3.05) is 0 Å². The van der Waals surface area contributed by atoms with Crippen LogP contribution < -0.4 is 4.72 Å². The molecular formula is C26H27NO4S. The number of ether oxygens (including phenoxy) is 1. The molecule has 0 aromatic heterocycles. The van der Waals surface area contributed by atoms with Crippen LogP contribution >= 0.6 is 0 Å². The molecule has 0 saturated carbocycles. The maximum atomic E-state index is 13.0. The van der Waals surface area contributed by atoms with E-state index < -0.39 is 28.1 Å². The minimum absolute atomic E-state index is 0.0202. The van der Waals surface area contributed by atoms with Gasteiger partial charge >= 0.3 is 5.97 Å². The quantitative estimate of drug-likeness (QED) is 0.569. The third kappa shape index (κ3) is 4.61. The second kappa shape index (κ2) is 8.52. The average molecular weight is 450 g/mol. The number of sulfonamides is 1. The fraction of sp³-hybridized carbons (Fsp3) is 0.269. The Balaban J connectivity index is 1.59. The van der Waals surface area contributed by atoms with Gasteiger partial charge in [0, 0.05) is 0 Å². The fourth-order valence-corrected chi connectivity index (χ4v) is 5.22. The predicted molar refractivity (Wildman–Crippen MR) is 124 cm³/mol. The highest BCUT2D eigenvalue weighted by Gasteiger charge is 2.38. The van der Waals surface area contributed by atoms with Crippen LogP contribution in [0.5, 0.6) is 0 Å². The normalized spacial score (nSPS) is 18.2. The van der Waals surface area contributed by atoms with Crippen LogP contribution in [0.1, 0.15) is 53.9 Å². The van der Waals surface area contributed by atoms with E-state index in [4.69, 9.17) is 4.74 Å². The monoisotopic (exact) mass is 449 g/mol. The molecule has 4 rings (SSSR count). The maximum Gasteiger partial charge on any atom is 0.338 e. The lowest BCUT2D eigenvalue weighted by atomic mass is 9.87. The standard InChI is InChI=1S/C26H27NO4S/c1-26(2,3)20-15-13-18(14-16-20)25(28)31-24-22-12-8-7-9-19(22)17-23(24)27-32(29,30)21-10-5-4-6-11-21/h4-16,23-24,27H,17H2,1-3H3/t23-,24+/m0/s1. The number of nitrogens with one attached hydrogen (secondary N) is 1. The summed E-state index contributed by atoms with van der Waals surface area (Å²) in [5.41, 5.74) is 3.33. The Kier molecular flexibility index (Phi) is 5.93. The minimum atomic E-state index is -3.76. The lowest BCUT2D eigenvalue weighted by molar-refractivity contribution is 0.0247. The van der Waals surface area contributed by atoms with Crippen LogP contribution in [0.3, 0.4) is 0 Å². The van der Waals surface area contributed by atoms with Gasteiger partial charge in [0.2, 0.25) is 10.0 Å². The summed E-state index contributed by atoms with van der Waals surface area (Å²) in [4.78, 5) is 13.1. The Labute approximate surface area is 189 Å². The molecule has 0 aliphatic heterocycles. The summed E-state index contributed by atoms with van der Waals surface area (Å²) in [5, 5.41) is 0. The first kappa shape index (κ1) is 22.2. The van der Waals surface area contributed by atoms with E-state index in [9.17, 15) is 13.2 Å². The number of benzene rings is 3. The largest absolute Gasteiger partial charge is 0.452 e. The van der Waals surface area contributed by atoms with Crippen LogP contribution in [0.15, 0.2) is 83.8 Å². The van der Waals surface area contributed by atoms with Gasteiger partial charge in [-0.05, 0) is 52.8 Å². The van der Waals surface area contributed by atoms with E-state index in [0.717, 1.165) is 16.7 Å². The zero-order valence-electron chi connectivity index (χ0n) is 18.4. The van der Waals surface area contributed by atoms with E-state index in [-0.39, 0.29) is 10.3 Å². The van der Waals surface area contributed by atoms with Gasteiger partial charge in [0.1, 0.15) is 6.10 Å². The first-order chi connectivity index (χ1) is 15.1. The molecule has 3 aromatic rings.